The van der Waals surface area contributed by atoms with Crippen LogP contribution in [0.5, 0.6) is 0 Å². The summed E-state index contributed by atoms with van der Waals surface area (Å²) in [4.78, 5) is 13.1. The average Bonchev–Trinajstić information content (AvgIpc) is 2.39. The summed E-state index contributed by atoms with van der Waals surface area (Å²) in [7, 11) is -3.27. The Balaban J connectivity index is 1.94. The quantitative estimate of drug-likeness (QED) is 0.803. The molecule has 6 heteroatoms. The van der Waals surface area contributed by atoms with Gasteiger partial charge >= 0.3 is 0 Å². The molecular formula is C14H20N2O3S. The van der Waals surface area contributed by atoms with Gasteiger partial charge in [0.05, 0.1) is 12.3 Å². The van der Waals surface area contributed by atoms with E-state index in [4.69, 9.17) is 0 Å². The molecule has 1 aromatic carbocycles. The highest BCUT2D eigenvalue weighted by Crippen LogP contribution is 2.13. The molecule has 0 spiro atoms. The average molecular weight is 296 g/mol. The maximum atomic E-state index is 12.3. The van der Waals surface area contributed by atoms with E-state index < -0.39 is 10.0 Å². The number of Topliss-reactive ketones (excluding diaryl/α,β-unsaturated/α-hetero) is 1. The molecule has 1 heterocycles. The van der Waals surface area contributed by atoms with Crippen molar-refractivity contribution in [2.75, 3.05) is 32.7 Å². The Morgan fingerprint density at radius 3 is 2.25 bits per heavy atom. The van der Waals surface area contributed by atoms with Crippen molar-refractivity contribution in [3.05, 3.63) is 35.9 Å². The number of piperazine rings is 1. The van der Waals surface area contributed by atoms with Crippen LogP contribution in [0.4, 0.5) is 0 Å². The van der Waals surface area contributed by atoms with Crippen LogP contribution in [0.25, 0.3) is 0 Å². The van der Waals surface area contributed by atoms with Crippen molar-refractivity contribution < 1.29 is 13.2 Å². The van der Waals surface area contributed by atoms with Crippen molar-refractivity contribution in [3.8, 4) is 0 Å². The molecule has 0 aliphatic carbocycles. The van der Waals surface area contributed by atoms with E-state index in [9.17, 15) is 13.2 Å². The lowest BCUT2D eigenvalue weighted by molar-refractivity contribution is -0.118. The van der Waals surface area contributed by atoms with Crippen LogP contribution in [-0.4, -0.2) is 56.1 Å². The number of sulfonamides is 1. The van der Waals surface area contributed by atoms with E-state index in [1.165, 1.54) is 4.31 Å². The fourth-order valence-electron chi connectivity index (χ4n) is 2.36. The number of ketones is 1. The molecule has 0 amide bonds. The lowest BCUT2D eigenvalue weighted by atomic mass is 10.2. The Morgan fingerprint density at radius 2 is 1.70 bits per heavy atom. The first-order valence-electron chi connectivity index (χ1n) is 6.71. The summed E-state index contributed by atoms with van der Waals surface area (Å²) in [6.07, 6.45) is 0. The summed E-state index contributed by atoms with van der Waals surface area (Å²) in [5.41, 5.74) is 0.804. The zero-order chi connectivity index (χ0) is 14.6. The zero-order valence-corrected chi connectivity index (χ0v) is 12.5. The van der Waals surface area contributed by atoms with Crippen LogP contribution in [-0.2, 0) is 20.6 Å². The minimum atomic E-state index is -3.27. The molecular weight excluding hydrogens is 276 g/mol. The van der Waals surface area contributed by atoms with E-state index in [-0.39, 0.29) is 11.5 Å². The van der Waals surface area contributed by atoms with E-state index >= 15 is 0 Å². The molecule has 0 aromatic heterocycles. The highest BCUT2D eigenvalue weighted by atomic mass is 32.2. The molecule has 1 aromatic rings. The predicted molar refractivity (Wildman–Crippen MR) is 77.8 cm³/mol. The highest BCUT2D eigenvalue weighted by Gasteiger charge is 2.27. The van der Waals surface area contributed by atoms with Crippen LogP contribution in [0.3, 0.4) is 0 Å². The first kappa shape index (κ1) is 15.2. The largest absolute Gasteiger partial charge is 0.299 e. The molecule has 0 saturated carbocycles. The van der Waals surface area contributed by atoms with Gasteiger partial charge in [0.2, 0.25) is 10.0 Å². The second kappa shape index (κ2) is 6.47. The van der Waals surface area contributed by atoms with Crippen LogP contribution >= 0.6 is 0 Å². The second-order valence-electron chi connectivity index (χ2n) is 5.12. The first-order valence-corrected chi connectivity index (χ1v) is 8.32. The summed E-state index contributed by atoms with van der Waals surface area (Å²) < 4.78 is 26.2. The molecule has 0 bridgehead atoms. The fourth-order valence-corrected chi connectivity index (χ4v) is 3.87. The summed E-state index contributed by atoms with van der Waals surface area (Å²) in [5.74, 6) is 0.159. The van der Waals surface area contributed by atoms with Gasteiger partial charge in [-0.25, -0.2) is 8.42 Å². The van der Waals surface area contributed by atoms with Gasteiger partial charge in [-0.05, 0) is 12.5 Å². The zero-order valence-electron chi connectivity index (χ0n) is 11.7. The lowest BCUT2D eigenvalue weighted by Gasteiger charge is -2.33. The molecule has 1 saturated heterocycles. The molecule has 0 unspecified atom stereocenters. The lowest BCUT2D eigenvalue weighted by Crippen LogP contribution is -2.49. The number of benzene rings is 1. The van der Waals surface area contributed by atoms with Crippen LogP contribution in [0.2, 0.25) is 0 Å². The van der Waals surface area contributed by atoms with E-state index in [1.54, 1.807) is 6.92 Å². The second-order valence-corrected chi connectivity index (χ2v) is 7.09. The number of rotatable bonds is 5. The Kier molecular flexibility index (Phi) is 4.91. The molecule has 0 atom stereocenters. The van der Waals surface area contributed by atoms with Crippen LogP contribution in [0, 0.1) is 0 Å². The maximum absolute atomic E-state index is 12.3. The van der Waals surface area contributed by atoms with Crippen molar-refractivity contribution >= 4 is 15.8 Å². The molecule has 0 radical (unpaired) electrons. The molecule has 1 aliphatic rings. The van der Waals surface area contributed by atoms with Crippen LogP contribution < -0.4 is 0 Å². The number of nitrogens with zero attached hydrogens (tertiary/aromatic N) is 2. The summed E-state index contributed by atoms with van der Waals surface area (Å²) in [6, 6.07) is 9.20. The molecule has 1 aliphatic heterocycles. The summed E-state index contributed by atoms with van der Waals surface area (Å²) in [6.45, 7) is 4.12. The maximum Gasteiger partial charge on any atom is 0.218 e. The third-order valence-corrected chi connectivity index (χ3v) is 5.21. The number of hydrogen-bond donors (Lipinski definition) is 0. The van der Waals surface area contributed by atoms with Gasteiger partial charge in [0.15, 0.2) is 0 Å². The molecule has 1 fully saturated rings. The van der Waals surface area contributed by atoms with Crippen molar-refractivity contribution in [3.63, 3.8) is 0 Å². The topological polar surface area (TPSA) is 57.7 Å². The van der Waals surface area contributed by atoms with E-state index in [0.717, 1.165) is 5.56 Å². The third kappa shape index (κ3) is 4.13. The van der Waals surface area contributed by atoms with Crippen molar-refractivity contribution in [1.82, 2.24) is 9.21 Å². The monoisotopic (exact) mass is 296 g/mol. The van der Waals surface area contributed by atoms with E-state index in [1.807, 2.05) is 35.2 Å². The normalized spacial score (nSPS) is 18.1. The van der Waals surface area contributed by atoms with Gasteiger partial charge in [0.25, 0.3) is 0 Å². The Labute approximate surface area is 120 Å². The SMILES string of the molecule is CC(=O)CN1CCN(S(=O)(=O)Cc2ccccc2)CC1. The van der Waals surface area contributed by atoms with Crippen LogP contribution in [0.1, 0.15) is 12.5 Å². The van der Waals surface area contributed by atoms with Gasteiger partial charge in [0.1, 0.15) is 5.78 Å². The third-order valence-electron chi connectivity index (χ3n) is 3.36. The first-order chi connectivity index (χ1) is 9.47. The minimum absolute atomic E-state index is 0.0422. The summed E-state index contributed by atoms with van der Waals surface area (Å²) >= 11 is 0. The number of carbonyl (C=O) groups is 1. The smallest absolute Gasteiger partial charge is 0.218 e. The van der Waals surface area contributed by atoms with Crippen molar-refractivity contribution in [2.24, 2.45) is 0 Å². The number of carbonyl (C=O) groups excluding carboxylic acids is 1. The van der Waals surface area contributed by atoms with Crippen LogP contribution in [0.15, 0.2) is 30.3 Å². The van der Waals surface area contributed by atoms with Crippen molar-refractivity contribution in [2.45, 2.75) is 12.7 Å². The van der Waals surface area contributed by atoms with Gasteiger partial charge in [-0.15, -0.1) is 0 Å². The van der Waals surface area contributed by atoms with Gasteiger partial charge in [0, 0.05) is 26.2 Å². The van der Waals surface area contributed by atoms with Crippen molar-refractivity contribution in [1.29, 1.82) is 0 Å². The van der Waals surface area contributed by atoms with Gasteiger partial charge in [-0.3, -0.25) is 9.69 Å². The molecule has 110 valence electrons. The van der Waals surface area contributed by atoms with Gasteiger partial charge in [-0.2, -0.15) is 4.31 Å². The predicted octanol–water partition coefficient (Wildman–Crippen LogP) is 0.723. The Hall–Kier alpha value is -1.24. The molecule has 0 N–H and O–H groups in total. The Bertz CT molecular complexity index is 549. The molecule has 20 heavy (non-hydrogen) atoms. The molecule has 2 rings (SSSR count). The van der Waals surface area contributed by atoms with E-state index in [2.05, 4.69) is 0 Å². The van der Waals surface area contributed by atoms with Gasteiger partial charge in [-0.1, -0.05) is 30.3 Å². The van der Waals surface area contributed by atoms with E-state index in [0.29, 0.717) is 32.7 Å². The minimum Gasteiger partial charge on any atom is -0.299 e. The van der Waals surface area contributed by atoms with Gasteiger partial charge < -0.3 is 0 Å². The fraction of sp³-hybridized carbons (Fsp3) is 0.500. The summed E-state index contributed by atoms with van der Waals surface area (Å²) in [5, 5.41) is 0. The standard InChI is InChI=1S/C14H20N2O3S/c1-13(17)11-15-7-9-16(10-8-15)20(18,19)12-14-5-3-2-4-6-14/h2-6H,7-12H2,1H3. The number of hydrogen-bond acceptors (Lipinski definition) is 4. The molecule has 5 nitrogen and oxygen atoms in total. The highest BCUT2D eigenvalue weighted by molar-refractivity contribution is 7.88. The Morgan fingerprint density at radius 1 is 1.10 bits per heavy atom.